The highest BCUT2D eigenvalue weighted by Crippen LogP contribution is 2.20. The molecule has 5 heteroatoms. The predicted molar refractivity (Wildman–Crippen MR) is 71.9 cm³/mol. The van der Waals surface area contributed by atoms with Crippen LogP contribution in [0.25, 0.3) is 0 Å². The maximum Gasteiger partial charge on any atom is 0.273 e. The van der Waals surface area contributed by atoms with Crippen molar-refractivity contribution >= 4 is 23.0 Å². The summed E-state index contributed by atoms with van der Waals surface area (Å²) in [5, 5.41) is 10.9. The third kappa shape index (κ3) is 2.89. The molecule has 90 valence electrons. The molecule has 0 aliphatic rings. The molecule has 0 saturated heterocycles. The predicted octanol–water partition coefficient (Wildman–Crippen LogP) is 3.35. The van der Waals surface area contributed by atoms with E-state index in [2.05, 4.69) is 0 Å². The molecule has 0 N–H and O–H groups in total. The molecule has 2 aromatic carbocycles. The van der Waals surface area contributed by atoms with Crippen LogP contribution in [0.3, 0.4) is 0 Å². The highest BCUT2D eigenvalue weighted by molar-refractivity contribution is 7.80. The minimum absolute atomic E-state index is 0.0247. The van der Waals surface area contributed by atoms with Gasteiger partial charge in [0.25, 0.3) is 5.69 Å². The number of rotatable bonds is 3. The second-order valence-electron chi connectivity index (χ2n) is 3.51. The molecule has 0 radical (unpaired) electrons. The Kier molecular flexibility index (Phi) is 3.64. The number of thiocarbonyl (C=S) groups is 1. The molecule has 0 heterocycles. The molecular weight excluding hydrogens is 250 g/mol. The molecular formula is C13H9NO3S. The molecule has 2 rings (SSSR count). The van der Waals surface area contributed by atoms with Crippen LogP contribution in [0.4, 0.5) is 5.69 Å². The molecule has 4 nitrogen and oxygen atoms in total. The maximum atomic E-state index is 10.6. The first-order valence-corrected chi connectivity index (χ1v) is 5.59. The van der Waals surface area contributed by atoms with Crippen LogP contribution < -0.4 is 4.74 Å². The summed E-state index contributed by atoms with van der Waals surface area (Å²) in [6.07, 6.45) is 0. The van der Waals surface area contributed by atoms with E-state index in [0.717, 1.165) is 5.56 Å². The van der Waals surface area contributed by atoms with Crippen molar-refractivity contribution in [1.82, 2.24) is 0 Å². The van der Waals surface area contributed by atoms with E-state index in [4.69, 9.17) is 17.0 Å². The zero-order chi connectivity index (χ0) is 13.0. The van der Waals surface area contributed by atoms with Crippen molar-refractivity contribution in [2.75, 3.05) is 0 Å². The lowest BCUT2D eigenvalue weighted by Gasteiger charge is -2.06. The third-order valence-corrected chi connectivity index (χ3v) is 2.57. The Balaban J connectivity index is 2.17. The van der Waals surface area contributed by atoms with Gasteiger partial charge in [0.15, 0.2) is 5.05 Å². The third-order valence-electron chi connectivity index (χ3n) is 2.25. The summed E-state index contributed by atoms with van der Waals surface area (Å²) in [6.45, 7) is 0. The normalized spacial score (nSPS) is 9.78. The minimum Gasteiger partial charge on any atom is -0.445 e. The Bertz CT molecular complexity index is 584. The van der Waals surface area contributed by atoms with Gasteiger partial charge in [-0.25, -0.2) is 0 Å². The van der Waals surface area contributed by atoms with Crippen molar-refractivity contribution in [3.8, 4) is 5.75 Å². The maximum absolute atomic E-state index is 10.6. The molecule has 0 unspecified atom stereocenters. The molecule has 0 spiro atoms. The number of nitrogens with zero attached hydrogens (tertiary/aromatic N) is 1. The van der Waals surface area contributed by atoms with Gasteiger partial charge in [-0.2, -0.15) is 0 Å². The molecule has 18 heavy (non-hydrogen) atoms. The van der Waals surface area contributed by atoms with Gasteiger partial charge in [-0.05, 0) is 18.3 Å². The first kappa shape index (κ1) is 12.2. The molecule has 2 aromatic rings. The Morgan fingerprint density at radius 1 is 1.11 bits per heavy atom. The molecule has 0 aliphatic carbocycles. The first-order valence-electron chi connectivity index (χ1n) is 5.18. The summed E-state index contributed by atoms with van der Waals surface area (Å²) in [6, 6.07) is 15.1. The largest absolute Gasteiger partial charge is 0.445 e. The Labute approximate surface area is 109 Å². The highest BCUT2D eigenvalue weighted by atomic mass is 32.1. The van der Waals surface area contributed by atoms with Crippen molar-refractivity contribution in [1.29, 1.82) is 0 Å². The van der Waals surface area contributed by atoms with E-state index < -0.39 is 4.92 Å². The zero-order valence-electron chi connectivity index (χ0n) is 9.28. The average molecular weight is 259 g/mol. The van der Waals surface area contributed by atoms with E-state index >= 15 is 0 Å². The van der Waals surface area contributed by atoms with Crippen LogP contribution in [0.5, 0.6) is 5.75 Å². The standard InChI is InChI=1S/C13H9NO3S/c15-14(16)11-7-4-8-12(9-11)17-13(18)10-5-2-1-3-6-10/h1-9H. The molecule has 0 fully saturated rings. The number of hydrogen-bond donors (Lipinski definition) is 0. The van der Waals surface area contributed by atoms with E-state index in [-0.39, 0.29) is 10.7 Å². The summed E-state index contributed by atoms with van der Waals surface area (Å²) in [7, 11) is 0. The number of nitro groups is 1. The first-order chi connectivity index (χ1) is 8.66. The van der Waals surface area contributed by atoms with Gasteiger partial charge in [0.05, 0.1) is 11.0 Å². The minimum atomic E-state index is -0.474. The van der Waals surface area contributed by atoms with Crippen molar-refractivity contribution in [3.05, 3.63) is 70.3 Å². The van der Waals surface area contributed by atoms with E-state index in [1.807, 2.05) is 30.3 Å². The zero-order valence-corrected chi connectivity index (χ0v) is 10.1. The van der Waals surface area contributed by atoms with Gasteiger partial charge in [-0.1, -0.05) is 36.4 Å². The lowest BCUT2D eigenvalue weighted by atomic mass is 10.2. The number of non-ortho nitro benzene ring substituents is 1. The van der Waals surface area contributed by atoms with Crippen LogP contribution >= 0.6 is 12.2 Å². The Morgan fingerprint density at radius 2 is 1.83 bits per heavy atom. The SMILES string of the molecule is O=[N+]([O-])c1cccc(OC(=S)c2ccccc2)c1. The quantitative estimate of drug-likeness (QED) is 0.482. The molecule has 0 bridgehead atoms. The van der Waals surface area contributed by atoms with Crippen molar-refractivity contribution in [2.45, 2.75) is 0 Å². The average Bonchev–Trinajstić information content (AvgIpc) is 2.40. The summed E-state index contributed by atoms with van der Waals surface area (Å²) in [4.78, 5) is 10.2. The Hall–Kier alpha value is -2.27. The summed E-state index contributed by atoms with van der Waals surface area (Å²) >= 11 is 5.12. The fourth-order valence-electron chi connectivity index (χ4n) is 1.40. The second-order valence-corrected chi connectivity index (χ2v) is 3.88. The monoisotopic (exact) mass is 259 g/mol. The van der Waals surface area contributed by atoms with Gasteiger partial charge in [-0.3, -0.25) is 10.1 Å². The van der Waals surface area contributed by atoms with Crippen LogP contribution in [0.1, 0.15) is 5.56 Å². The molecule has 0 atom stereocenters. The molecule has 0 aromatic heterocycles. The summed E-state index contributed by atoms with van der Waals surface area (Å²) < 4.78 is 5.42. The smallest absolute Gasteiger partial charge is 0.273 e. The van der Waals surface area contributed by atoms with Gasteiger partial charge in [0.1, 0.15) is 5.75 Å². The van der Waals surface area contributed by atoms with Crippen LogP contribution in [0.2, 0.25) is 0 Å². The van der Waals surface area contributed by atoms with E-state index in [9.17, 15) is 10.1 Å². The molecule has 0 amide bonds. The van der Waals surface area contributed by atoms with Crippen molar-refractivity contribution in [3.63, 3.8) is 0 Å². The van der Waals surface area contributed by atoms with Crippen LogP contribution in [-0.4, -0.2) is 9.97 Å². The van der Waals surface area contributed by atoms with E-state index in [1.54, 1.807) is 12.1 Å². The van der Waals surface area contributed by atoms with E-state index in [1.165, 1.54) is 12.1 Å². The number of nitro benzene ring substituents is 1. The van der Waals surface area contributed by atoms with Gasteiger partial charge < -0.3 is 4.74 Å². The number of benzene rings is 2. The van der Waals surface area contributed by atoms with Gasteiger partial charge >= 0.3 is 0 Å². The second kappa shape index (κ2) is 5.37. The number of ether oxygens (including phenoxy) is 1. The molecule has 0 aliphatic heterocycles. The summed E-state index contributed by atoms with van der Waals surface area (Å²) in [5.41, 5.74) is 0.738. The lowest BCUT2D eigenvalue weighted by Crippen LogP contribution is -2.06. The fourth-order valence-corrected chi connectivity index (χ4v) is 1.63. The number of hydrogen-bond acceptors (Lipinski definition) is 4. The molecule has 0 saturated carbocycles. The van der Waals surface area contributed by atoms with Crippen LogP contribution in [0.15, 0.2) is 54.6 Å². The lowest BCUT2D eigenvalue weighted by molar-refractivity contribution is -0.384. The fraction of sp³-hybridized carbons (Fsp3) is 0. The van der Waals surface area contributed by atoms with Crippen LogP contribution in [-0.2, 0) is 0 Å². The van der Waals surface area contributed by atoms with Crippen LogP contribution in [0, 0.1) is 10.1 Å². The van der Waals surface area contributed by atoms with Crippen molar-refractivity contribution < 1.29 is 9.66 Å². The Morgan fingerprint density at radius 3 is 2.50 bits per heavy atom. The topological polar surface area (TPSA) is 52.4 Å². The summed E-state index contributed by atoms with van der Waals surface area (Å²) in [5.74, 6) is 0.359. The van der Waals surface area contributed by atoms with E-state index in [0.29, 0.717) is 5.75 Å². The highest BCUT2D eigenvalue weighted by Gasteiger charge is 2.08. The van der Waals surface area contributed by atoms with Gasteiger partial charge in [0.2, 0.25) is 0 Å². The van der Waals surface area contributed by atoms with Gasteiger partial charge in [-0.15, -0.1) is 0 Å². The van der Waals surface area contributed by atoms with Crippen molar-refractivity contribution in [2.24, 2.45) is 0 Å². The van der Waals surface area contributed by atoms with Gasteiger partial charge in [0, 0.05) is 11.6 Å².